The van der Waals surface area contributed by atoms with Crippen LogP contribution in [0.4, 0.5) is 0 Å². The van der Waals surface area contributed by atoms with Crippen LogP contribution in [0.15, 0.2) is 21.9 Å². The molecule has 9 heteroatoms. The summed E-state index contributed by atoms with van der Waals surface area (Å²) in [5.74, 6) is 0. The number of aryl methyl sites for hydroxylation is 1. The van der Waals surface area contributed by atoms with Crippen molar-refractivity contribution in [2.75, 3.05) is 19.3 Å². The number of rotatable bonds is 3. The maximum absolute atomic E-state index is 13.1. The fourth-order valence-electron chi connectivity index (χ4n) is 3.12. The van der Waals surface area contributed by atoms with Gasteiger partial charge in [-0.3, -0.25) is 0 Å². The van der Waals surface area contributed by atoms with Crippen LogP contribution in [0.2, 0.25) is 0 Å². The highest BCUT2D eigenvalue weighted by atomic mass is 35.5. The van der Waals surface area contributed by atoms with Gasteiger partial charge in [0.1, 0.15) is 0 Å². The molecule has 0 saturated carbocycles. The van der Waals surface area contributed by atoms with Crippen LogP contribution in [0.3, 0.4) is 0 Å². The first kappa shape index (κ1) is 22.4. The van der Waals surface area contributed by atoms with Gasteiger partial charge in [0.15, 0.2) is 9.84 Å². The van der Waals surface area contributed by atoms with Gasteiger partial charge in [0.2, 0.25) is 10.0 Å². The molecular weight excluding hydrogens is 384 g/mol. The number of hydrogen-bond donors (Lipinski definition) is 1. The molecule has 0 aromatic heterocycles. The lowest BCUT2D eigenvalue weighted by Crippen LogP contribution is -2.53. The largest absolute Gasteiger partial charge is 0.327 e. The van der Waals surface area contributed by atoms with E-state index in [1.165, 1.54) is 10.4 Å². The molecule has 0 aliphatic carbocycles. The molecule has 2 rings (SSSR count). The van der Waals surface area contributed by atoms with Crippen molar-refractivity contribution in [2.45, 2.75) is 49.9 Å². The smallest absolute Gasteiger partial charge is 0.243 e. The standard InChI is InChI=1S/C16H26N2O4S2.ClH/c1-11-8-13(23(5,19)20)12(2)14(9-11)24(21,22)18-7-6-15(17)16(3,4)10-18;/h8-9,15H,6-7,10,17H2,1-5H3;1H. The van der Waals surface area contributed by atoms with Crippen molar-refractivity contribution < 1.29 is 16.8 Å². The average molecular weight is 411 g/mol. The molecule has 144 valence electrons. The highest BCUT2D eigenvalue weighted by Gasteiger charge is 2.39. The molecule has 1 atom stereocenters. The molecule has 0 amide bonds. The molecule has 0 spiro atoms. The second-order valence-corrected chi connectivity index (χ2v) is 11.3. The van der Waals surface area contributed by atoms with Crippen molar-refractivity contribution in [3.8, 4) is 0 Å². The van der Waals surface area contributed by atoms with Crippen LogP contribution < -0.4 is 5.73 Å². The third-order valence-electron chi connectivity index (χ3n) is 4.75. The highest BCUT2D eigenvalue weighted by molar-refractivity contribution is 7.91. The Morgan fingerprint density at radius 3 is 2.12 bits per heavy atom. The van der Waals surface area contributed by atoms with E-state index in [0.29, 0.717) is 25.1 Å². The van der Waals surface area contributed by atoms with Crippen molar-refractivity contribution in [3.63, 3.8) is 0 Å². The first-order chi connectivity index (χ1) is 10.8. The van der Waals surface area contributed by atoms with Gasteiger partial charge in [0.05, 0.1) is 9.79 Å². The third-order valence-corrected chi connectivity index (χ3v) is 7.95. The maximum atomic E-state index is 13.1. The first-order valence-electron chi connectivity index (χ1n) is 7.84. The van der Waals surface area contributed by atoms with Crippen molar-refractivity contribution in [3.05, 3.63) is 23.3 Å². The second kappa shape index (κ2) is 7.15. The molecule has 1 aromatic carbocycles. The minimum Gasteiger partial charge on any atom is -0.327 e. The van der Waals surface area contributed by atoms with E-state index in [0.717, 1.165) is 6.26 Å². The monoisotopic (exact) mass is 410 g/mol. The Morgan fingerprint density at radius 1 is 1.12 bits per heavy atom. The molecule has 1 saturated heterocycles. The summed E-state index contributed by atoms with van der Waals surface area (Å²) in [5.41, 5.74) is 6.64. The van der Waals surface area contributed by atoms with E-state index in [1.54, 1.807) is 19.9 Å². The Bertz CT molecular complexity index is 864. The molecule has 0 bridgehead atoms. The molecule has 6 nitrogen and oxygen atoms in total. The lowest BCUT2D eigenvalue weighted by molar-refractivity contribution is 0.155. The zero-order valence-electron chi connectivity index (χ0n) is 15.2. The zero-order chi connectivity index (χ0) is 18.5. The number of nitrogens with two attached hydrogens (primary N) is 1. The van der Waals surface area contributed by atoms with Gasteiger partial charge in [-0.2, -0.15) is 4.31 Å². The van der Waals surface area contributed by atoms with E-state index in [2.05, 4.69) is 0 Å². The Balaban J connectivity index is 0.00000312. The summed E-state index contributed by atoms with van der Waals surface area (Å²) in [6.45, 7) is 7.80. The normalized spacial score (nSPS) is 21.6. The SMILES string of the molecule is Cc1cc(S(C)(=O)=O)c(C)c(S(=O)(=O)N2CCC(N)C(C)(C)C2)c1.Cl. The summed E-state index contributed by atoms with van der Waals surface area (Å²) in [7, 11) is -7.28. The fraction of sp³-hybridized carbons (Fsp3) is 0.625. The molecule has 1 aromatic rings. The highest BCUT2D eigenvalue weighted by Crippen LogP contribution is 2.33. The maximum Gasteiger partial charge on any atom is 0.243 e. The molecule has 2 N–H and O–H groups in total. The van der Waals surface area contributed by atoms with Gasteiger partial charge in [-0.15, -0.1) is 12.4 Å². The van der Waals surface area contributed by atoms with Crippen LogP contribution in [-0.4, -0.2) is 46.5 Å². The van der Waals surface area contributed by atoms with E-state index in [-0.39, 0.29) is 39.2 Å². The minimum absolute atomic E-state index is 0. The molecule has 0 radical (unpaired) electrons. The quantitative estimate of drug-likeness (QED) is 0.820. The summed E-state index contributed by atoms with van der Waals surface area (Å²) in [5, 5.41) is 0. The topological polar surface area (TPSA) is 97.5 Å². The Labute approximate surface area is 157 Å². The summed E-state index contributed by atoms with van der Waals surface area (Å²) < 4.78 is 51.6. The molecule has 1 unspecified atom stereocenters. The van der Waals surface area contributed by atoms with Crippen LogP contribution in [-0.2, 0) is 19.9 Å². The Kier molecular flexibility index (Phi) is 6.40. The van der Waals surface area contributed by atoms with Crippen molar-refractivity contribution in [2.24, 2.45) is 11.1 Å². The minimum atomic E-state index is -3.78. The predicted molar refractivity (Wildman–Crippen MR) is 101 cm³/mol. The third kappa shape index (κ3) is 4.36. The van der Waals surface area contributed by atoms with Gasteiger partial charge in [-0.05, 0) is 48.9 Å². The van der Waals surface area contributed by atoms with Gasteiger partial charge in [0.25, 0.3) is 0 Å². The van der Waals surface area contributed by atoms with Crippen LogP contribution >= 0.6 is 12.4 Å². The summed E-state index contributed by atoms with van der Waals surface area (Å²) >= 11 is 0. The van der Waals surface area contributed by atoms with Crippen molar-refractivity contribution in [1.82, 2.24) is 4.31 Å². The number of sulfone groups is 1. The number of benzene rings is 1. The molecule has 1 heterocycles. The number of sulfonamides is 1. The summed E-state index contributed by atoms with van der Waals surface area (Å²) in [4.78, 5) is 0.128. The van der Waals surface area contributed by atoms with Crippen molar-refractivity contribution >= 4 is 32.3 Å². The van der Waals surface area contributed by atoms with Gasteiger partial charge in [-0.1, -0.05) is 13.8 Å². The van der Waals surface area contributed by atoms with Crippen LogP contribution in [0.5, 0.6) is 0 Å². The fourth-order valence-corrected chi connectivity index (χ4v) is 6.20. The van der Waals surface area contributed by atoms with E-state index >= 15 is 0 Å². The molecule has 1 fully saturated rings. The summed E-state index contributed by atoms with van der Waals surface area (Å²) in [6.07, 6.45) is 1.67. The first-order valence-corrected chi connectivity index (χ1v) is 11.2. The number of nitrogens with zero attached hydrogens (tertiary/aromatic N) is 1. The average Bonchev–Trinajstić information content (AvgIpc) is 2.42. The number of piperidine rings is 1. The Morgan fingerprint density at radius 2 is 1.64 bits per heavy atom. The van der Waals surface area contributed by atoms with Gasteiger partial charge in [0, 0.05) is 25.4 Å². The van der Waals surface area contributed by atoms with Gasteiger partial charge in [-0.25, -0.2) is 16.8 Å². The van der Waals surface area contributed by atoms with Gasteiger partial charge >= 0.3 is 0 Å². The molecule has 1 aliphatic heterocycles. The van der Waals surface area contributed by atoms with E-state index < -0.39 is 19.9 Å². The van der Waals surface area contributed by atoms with E-state index in [4.69, 9.17) is 5.73 Å². The van der Waals surface area contributed by atoms with E-state index in [1.807, 2.05) is 13.8 Å². The zero-order valence-corrected chi connectivity index (χ0v) is 17.7. The molecule has 25 heavy (non-hydrogen) atoms. The Hall–Kier alpha value is -0.670. The van der Waals surface area contributed by atoms with Crippen LogP contribution in [0.1, 0.15) is 31.4 Å². The number of hydrogen-bond acceptors (Lipinski definition) is 5. The lowest BCUT2D eigenvalue weighted by Gasteiger charge is -2.42. The predicted octanol–water partition coefficient (Wildman–Crippen LogP) is 1.88. The van der Waals surface area contributed by atoms with Crippen LogP contribution in [0.25, 0.3) is 0 Å². The van der Waals surface area contributed by atoms with Gasteiger partial charge < -0.3 is 5.73 Å². The second-order valence-electron chi connectivity index (χ2n) is 7.38. The van der Waals surface area contributed by atoms with E-state index in [9.17, 15) is 16.8 Å². The number of halogens is 1. The lowest BCUT2D eigenvalue weighted by atomic mass is 9.81. The molecular formula is C16H27ClN2O4S2. The molecule has 1 aliphatic rings. The van der Waals surface area contributed by atoms with Crippen molar-refractivity contribution in [1.29, 1.82) is 0 Å². The summed E-state index contributed by atoms with van der Waals surface area (Å²) in [6, 6.07) is 3.00. The van der Waals surface area contributed by atoms with Crippen LogP contribution in [0, 0.1) is 19.3 Å².